The Balaban J connectivity index is 1.81. The highest BCUT2D eigenvalue weighted by Crippen LogP contribution is 2.27. The lowest BCUT2D eigenvalue weighted by Crippen LogP contribution is -2.43. The number of hydrogen-bond donors (Lipinski definition) is 0. The number of carbonyl (C=O) groups is 1. The molecule has 1 aromatic carbocycles. The molecule has 2 aromatic heterocycles. The van der Waals surface area contributed by atoms with Gasteiger partial charge in [0, 0.05) is 29.9 Å². The summed E-state index contributed by atoms with van der Waals surface area (Å²) in [7, 11) is 0. The van der Waals surface area contributed by atoms with Gasteiger partial charge in [0.2, 0.25) is 5.91 Å². The number of hydrogen-bond acceptors (Lipinski definition) is 4. The predicted octanol–water partition coefficient (Wildman–Crippen LogP) is 2.22. The Labute approximate surface area is 163 Å². The van der Waals surface area contributed by atoms with Gasteiger partial charge in [0.05, 0.1) is 30.5 Å². The Morgan fingerprint density at radius 1 is 1.11 bits per heavy atom. The molecule has 3 heterocycles. The van der Waals surface area contributed by atoms with Gasteiger partial charge in [0.1, 0.15) is 6.04 Å². The van der Waals surface area contributed by atoms with Crippen LogP contribution in [0.15, 0.2) is 41.3 Å². The molecule has 0 saturated carbocycles. The number of aryl methyl sites for hydroxylation is 2. The average Bonchev–Trinajstić information content (AvgIpc) is 2.99. The molecule has 1 aliphatic rings. The van der Waals surface area contributed by atoms with Crippen LogP contribution in [-0.2, 0) is 9.53 Å². The first-order valence-corrected chi connectivity index (χ1v) is 9.52. The fraction of sp³-hybridized carbons (Fsp3) is 0.381. The van der Waals surface area contributed by atoms with Crippen LogP contribution in [0.1, 0.15) is 24.4 Å². The van der Waals surface area contributed by atoms with Crippen molar-refractivity contribution in [1.82, 2.24) is 19.2 Å². The molecule has 1 atom stereocenters. The first-order chi connectivity index (χ1) is 13.5. The Morgan fingerprint density at radius 3 is 2.46 bits per heavy atom. The lowest BCUT2D eigenvalue weighted by Gasteiger charge is -2.30. The second-order valence-electron chi connectivity index (χ2n) is 7.14. The van der Waals surface area contributed by atoms with Gasteiger partial charge in [-0.15, -0.1) is 0 Å². The van der Waals surface area contributed by atoms with E-state index in [0.29, 0.717) is 31.7 Å². The van der Waals surface area contributed by atoms with Crippen molar-refractivity contribution >= 4 is 16.7 Å². The third kappa shape index (κ3) is 2.92. The minimum atomic E-state index is -0.393. The van der Waals surface area contributed by atoms with E-state index in [1.807, 2.05) is 60.6 Å². The van der Waals surface area contributed by atoms with Crippen LogP contribution >= 0.6 is 0 Å². The number of amides is 1. The second-order valence-corrected chi connectivity index (χ2v) is 7.14. The summed E-state index contributed by atoms with van der Waals surface area (Å²) in [6.45, 7) is 8.06. The van der Waals surface area contributed by atoms with Crippen LogP contribution in [0.3, 0.4) is 0 Å². The van der Waals surface area contributed by atoms with Crippen LogP contribution in [0, 0.1) is 13.8 Å². The molecule has 0 bridgehead atoms. The Hall–Kier alpha value is -2.93. The molecule has 0 radical (unpaired) electrons. The van der Waals surface area contributed by atoms with E-state index in [1.165, 1.54) is 4.68 Å². The minimum absolute atomic E-state index is 0.0474. The molecule has 7 nitrogen and oxygen atoms in total. The van der Waals surface area contributed by atoms with Crippen LogP contribution in [0.4, 0.5) is 0 Å². The number of rotatable bonds is 3. The normalized spacial score (nSPS) is 15.8. The van der Waals surface area contributed by atoms with Crippen LogP contribution in [0.25, 0.3) is 16.5 Å². The second kappa shape index (κ2) is 7.24. The zero-order chi connectivity index (χ0) is 19.8. The first kappa shape index (κ1) is 18.4. The summed E-state index contributed by atoms with van der Waals surface area (Å²) in [6.07, 6.45) is 1.72. The maximum absolute atomic E-state index is 13.2. The quantitative estimate of drug-likeness (QED) is 0.699. The maximum Gasteiger partial charge on any atom is 0.281 e. The minimum Gasteiger partial charge on any atom is -0.378 e. The van der Waals surface area contributed by atoms with Crippen LogP contribution < -0.4 is 5.56 Å². The fourth-order valence-electron chi connectivity index (χ4n) is 4.07. The highest BCUT2D eigenvalue weighted by Gasteiger charge is 2.27. The third-order valence-corrected chi connectivity index (χ3v) is 5.52. The molecule has 0 spiro atoms. The predicted molar refractivity (Wildman–Crippen MR) is 107 cm³/mol. The smallest absolute Gasteiger partial charge is 0.281 e. The number of nitrogens with zero attached hydrogens (tertiary/aromatic N) is 4. The molecular weight excluding hydrogens is 356 g/mol. The molecular formula is C21H24N4O3. The number of fused-ring (bicyclic) bond motifs is 1. The van der Waals surface area contributed by atoms with E-state index in [2.05, 4.69) is 5.10 Å². The maximum atomic E-state index is 13.2. The van der Waals surface area contributed by atoms with E-state index >= 15 is 0 Å². The van der Waals surface area contributed by atoms with Crippen molar-refractivity contribution in [2.45, 2.75) is 26.8 Å². The lowest BCUT2D eigenvalue weighted by atomic mass is 10.2. The summed E-state index contributed by atoms with van der Waals surface area (Å²) in [5, 5.41) is 5.76. The van der Waals surface area contributed by atoms with Gasteiger partial charge < -0.3 is 14.2 Å². The Morgan fingerprint density at radius 2 is 1.79 bits per heavy atom. The summed E-state index contributed by atoms with van der Waals surface area (Å²) in [5.74, 6) is 0.0474. The SMILES string of the molecule is Cc1c2cnn(-c3ccccc3)c(=O)c2c(C)n1C(C)C(=O)N1CCOCC1. The molecule has 1 aliphatic heterocycles. The van der Waals surface area contributed by atoms with Gasteiger partial charge in [0.15, 0.2) is 0 Å². The molecule has 0 aliphatic carbocycles. The summed E-state index contributed by atoms with van der Waals surface area (Å²) >= 11 is 0. The zero-order valence-electron chi connectivity index (χ0n) is 16.4. The van der Waals surface area contributed by atoms with E-state index in [1.54, 1.807) is 6.20 Å². The molecule has 3 aromatic rings. The lowest BCUT2D eigenvalue weighted by molar-refractivity contribution is -0.138. The molecule has 146 valence electrons. The van der Waals surface area contributed by atoms with Gasteiger partial charge in [-0.3, -0.25) is 9.59 Å². The van der Waals surface area contributed by atoms with Crippen LogP contribution in [-0.4, -0.2) is 51.5 Å². The van der Waals surface area contributed by atoms with Crippen molar-refractivity contribution in [3.05, 3.63) is 58.3 Å². The van der Waals surface area contributed by atoms with Crippen molar-refractivity contribution in [3.63, 3.8) is 0 Å². The van der Waals surface area contributed by atoms with Crippen molar-refractivity contribution < 1.29 is 9.53 Å². The number of morpholine rings is 1. The van der Waals surface area contributed by atoms with Crippen molar-refractivity contribution in [2.75, 3.05) is 26.3 Å². The number of benzene rings is 1. The molecule has 1 saturated heterocycles. The highest BCUT2D eigenvalue weighted by atomic mass is 16.5. The largest absolute Gasteiger partial charge is 0.378 e. The van der Waals surface area contributed by atoms with E-state index in [4.69, 9.17) is 4.74 Å². The van der Waals surface area contributed by atoms with E-state index in [9.17, 15) is 9.59 Å². The molecule has 1 amide bonds. The topological polar surface area (TPSA) is 69.4 Å². The summed E-state index contributed by atoms with van der Waals surface area (Å²) in [4.78, 5) is 28.0. The third-order valence-electron chi connectivity index (χ3n) is 5.52. The van der Waals surface area contributed by atoms with Gasteiger partial charge in [-0.25, -0.2) is 0 Å². The number of para-hydroxylation sites is 1. The zero-order valence-corrected chi connectivity index (χ0v) is 16.4. The van der Waals surface area contributed by atoms with Crippen molar-refractivity contribution in [3.8, 4) is 5.69 Å². The number of aromatic nitrogens is 3. The standard InChI is InChI=1S/C21H24N4O3/c1-14-18-13-22-25(17-7-5-4-6-8-17)21(27)19(18)15(2)24(14)16(3)20(26)23-9-11-28-12-10-23/h4-8,13,16H,9-12H2,1-3H3. The van der Waals surface area contributed by atoms with Gasteiger partial charge in [-0.2, -0.15) is 9.78 Å². The van der Waals surface area contributed by atoms with Crippen molar-refractivity contribution in [1.29, 1.82) is 0 Å². The van der Waals surface area contributed by atoms with E-state index in [0.717, 1.165) is 22.5 Å². The van der Waals surface area contributed by atoms with E-state index in [-0.39, 0.29) is 11.5 Å². The average molecular weight is 380 g/mol. The van der Waals surface area contributed by atoms with Gasteiger partial charge in [-0.05, 0) is 32.9 Å². The summed E-state index contributed by atoms with van der Waals surface area (Å²) in [6, 6.07) is 8.96. The number of ether oxygens (including phenoxy) is 1. The van der Waals surface area contributed by atoms with Crippen molar-refractivity contribution in [2.24, 2.45) is 0 Å². The Bertz CT molecular complexity index is 1080. The summed E-state index contributed by atoms with van der Waals surface area (Å²) in [5.41, 5.74) is 2.22. The van der Waals surface area contributed by atoms with Crippen LogP contribution in [0.2, 0.25) is 0 Å². The Kier molecular flexibility index (Phi) is 4.77. The van der Waals surface area contributed by atoms with Gasteiger partial charge in [0.25, 0.3) is 5.56 Å². The molecule has 0 N–H and O–H groups in total. The monoisotopic (exact) mass is 380 g/mol. The molecule has 28 heavy (non-hydrogen) atoms. The van der Waals surface area contributed by atoms with Crippen LogP contribution in [0.5, 0.6) is 0 Å². The highest BCUT2D eigenvalue weighted by molar-refractivity contribution is 5.89. The molecule has 1 unspecified atom stereocenters. The fourth-order valence-corrected chi connectivity index (χ4v) is 4.07. The molecule has 4 rings (SSSR count). The molecule has 1 fully saturated rings. The van der Waals surface area contributed by atoms with Gasteiger partial charge in [-0.1, -0.05) is 18.2 Å². The van der Waals surface area contributed by atoms with Gasteiger partial charge >= 0.3 is 0 Å². The molecule has 7 heteroatoms. The van der Waals surface area contributed by atoms with E-state index < -0.39 is 6.04 Å². The summed E-state index contributed by atoms with van der Waals surface area (Å²) < 4.78 is 8.72. The number of carbonyl (C=O) groups excluding carboxylic acids is 1. The first-order valence-electron chi connectivity index (χ1n) is 9.52.